The summed E-state index contributed by atoms with van der Waals surface area (Å²) < 4.78 is 48.8. The van der Waals surface area contributed by atoms with Crippen molar-refractivity contribution in [2.75, 3.05) is 0 Å². The minimum atomic E-state index is -4.70. The summed E-state index contributed by atoms with van der Waals surface area (Å²) in [7, 11) is -4.70. The molecule has 4 nitrogen and oxygen atoms in total. The van der Waals surface area contributed by atoms with Gasteiger partial charge in [0.1, 0.15) is 5.54 Å². The molecule has 0 aromatic rings. The van der Waals surface area contributed by atoms with Gasteiger partial charge in [-0.15, -0.1) is 0 Å². The van der Waals surface area contributed by atoms with Gasteiger partial charge in [-0.05, 0) is 12.8 Å². The van der Waals surface area contributed by atoms with E-state index in [-0.39, 0.29) is 0 Å². The molecule has 1 saturated carbocycles. The summed E-state index contributed by atoms with van der Waals surface area (Å²) in [6, 6.07) is 1.87. The van der Waals surface area contributed by atoms with Gasteiger partial charge < -0.3 is 0 Å². The van der Waals surface area contributed by atoms with Gasteiger partial charge in [0.05, 0.1) is 6.07 Å². The summed E-state index contributed by atoms with van der Waals surface area (Å²) in [6.07, 6.45) is 4.81. The van der Waals surface area contributed by atoms with Crippen LogP contribution in [0.5, 0.6) is 0 Å². The molecular weight excluding hydrogens is 250 g/mol. The highest BCUT2D eigenvalue weighted by Gasteiger charge is 2.38. The first-order valence-electron chi connectivity index (χ1n) is 5.64. The molecule has 7 heteroatoms. The van der Waals surface area contributed by atoms with Crippen LogP contribution in [0.15, 0.2) is 0 Å². The SMILES string of the molecule is N#CC1(NS(=O)(=O)C(F)F)CCCCCCC1. The molecule has 0 aromatic carbocycles. The van der Waals surface area contributed by atoms with Crippen molar-refractivity contribution in [3.8, 4) is 6.07 Å². The first kappa shape index (κ1) is 14.3. The van der Waals surface area contributed by atoms with Crippen LogP contribution < -0.4 is 4.72 Å². The van der Waals surface area contributed by atoms with Crippen molar-refractivity contribution in [1.82, 2.24) is 4.72 Å². The fraction of sp³-hybridized carbons (Fsp3) is 0.900. The predicted octanol–water partition coefficient (Wildman–Crippen LogP) is 2.14. The normalized spacial score (nSPS) is 21.5. The molecule has 1 rings (SSSR count). The van der Waals surface area contributed by atoms with Gasteiger partial charge in [0.25, 0.3) is 10.0 Å². The quantitative estimate of drug-likeness (QED) is 0.850. The van der Waals surface area contributed by atoms with Crippen LogP contribution in [0, 0.1) is 11.3 Å². The molecule has 17 heavy (non-hydrogen) atoms. The smallest absolute Gasteiger partial charge is 0.206 e. The van der Waals surface area contributed by atoms with Crippen molar-refractivity contribution in [3.05, 3.63) is 0 Å². The summed E-state index contributed by atoms with van der Waals surface area (Å²) in [5, 5.41) is 9.08. The second kappa shape index (κ2) is 5.74. The molecule has 98 valence electrons. The zero-order chi connectivity index (χ0) is 12.9. The molecule has 1 aliphatic carbocycles. The van der Waals surface area contributed by atoms with Gasteiger partial charge in [-0.2, -0.15) is 18.8 Å². The van der Waals surface area contributed by atoms with E-state index in [2.05, 4.69) is 0 Å². The van der Waals surface area contributed by atoms with Gasteiger partial charge in [0, 0.05) is 0 Å². The van der Waals surface area contributed by atoms with E-state index in [4.69, 9.17) is 5.26 Å². The van der Waals surface area contributed by atoms with Gasteiger partial charge in [0.15, 0.2) is 0 Å². The third-order valence-corrected chi connectivity index (χ3v) is 4.14. The number of nitrogens with one attached hydrogen (secondary N) is 1. The largest absolute Gasteiger partial charge is 0.350 e. The average Bonchev–Trinajstić information content (AvgIpc) is 2.22. The lowest BCUT2D eigenvalue weighted by molar-refractivity contribution is 0.227. The van der Waals surface area contributed by atoms with E-state index in [1.807, 2.05) is 10.8 Å². The van der Waals surface area contributed by atoms with Crippen LogP contribution in [0.2, 0.25) is 0 Å². The minimum absolute atomic E-state index is 0.301. The van der Waals surface area contributed by atoms with E-state index in [1.54, 1.807) is 0 Å². The first-order valence-corrected chi connectivity index (χ1v) is 7.19. The lowest BCUT2D eigenvalue weighted by Crippen LogP contribution is -2.49. The van der Waals surface area contributed by atoms with Crippen molar-refractivity contribution < 1.29 is 17.2 Å². The molecule has 0 unspecified atom stereocenters. The van der Waals surface area contributed by atoms with Gasteiger partial charge in [-0.3, -0.25) is 0 Å². The number of hydrogen-bond donors (Lipinski definition) is 1. The Bertz CT molecular complexity index is 382. The Labute approximate surface area is 100 Å². The summed E-state index contributed by atoms with van der Waals surface area (Å²) in [5.74, 6) is -3.49. The third-order valence-electron chi connectivity index (χ3n) is 2.99. The molecule has 0 atom stereocenters. The van der Waals surface area contributed by atoms with Crippen LogP contribution in [0.25, 0.3) is 0 Å². The Morgan fingerprint density at radius 2 is 1.59 bits per heavy atom. The molecule has 0 radical (unpaired) electrons. The van der Waals surface area contributed by atoms with Crippen molar-refractivity contribution in [2.24, 2.45) is 0 Å². The first-order chi connectivity index (χ1) is 7.92. The maximum atomic E-state index is 12.3. The molecule has 0 heterocycles. The highest BCUT2D eigenvalue weighted by atomic mass is 32.2. The van der Waals surface area contributed by atoms with Gasteiger partial charge >= 0.3 is 5.76 Å². The second-order valence-corrected chi connectivity index (χ2v) is 6.02. The number of sulfonamides is 1. The van der Waals surface area contributed by atoms with E-state index in [1.165, 1.54) is 0 Å². The van der Waals surface area contributed by atoms with Gasteiger partial charge in [0.2, 0.25) is 0 Å². The maximum absolute atomic E-state index is 12.3. The average molecular weight is 266 g/mol. The Morgan fingerprint density at radius 1 is 1.12 bits per heavy atom. The minimum Gasteiger partial charge on any atom is -0.206 e. The predicted molar refractivity (Wildman–Crippen MR) is 58.7 cm³/mol. The molecule has 0 saturated heterocycles. The molecule has 0 amide bonds. The summed E-state index contributed by atoms with van der Waals surface area (Å²) in [6.45, 7) is 0. The number of halogens is 2. The van der Waals surface area contributed by atoms with E-state index in [0.29, 0.717) is 25.7 Å². The second-order valence-electron chi connectivity index (χ2n) is 4.37. The van der Waals surface area contributed by atoms with Crippen LogP contribution in [-0.4, -0.2) is 19.7 Å². The van der Waals surface area contributed by atoms with E-state index in [0.717, 1.165) is 19.3 Å². The van der Waals surface area contributed by atoms with E-state index >= 15 is 0 Å². The van der Waals surface area contributed by atoms with Gasteiger partial charge in [-0.25, -0.2) is 8.42 Å². The zero-order valence-electron chi connectivity index (χ0n) is 9.45. The Kier molecular flexibility index (Phi) is 4.83. The number of alkyl halides is 2. The van der Waals surface area contributed by atoms with Crippen molar-refractivity contribution in [1.29, 1.82) is 5.26 Å². The molecule has 0 bridgehead atoms. The summed E-state index contributed by atoms with van der Waals surface area (Å²) >= 11 is 0. The lowest BCUT2D eigenvalue weighted by Gasteiger charge is -2.29. The van der Waals surface area contributed by atoms with Crippen LogP contribution in [0.4, 0.5) is 8.78 Å². The number of nitriles is 1. The highest BCUT2D eigenvalue weighted by Crippen LogP contribution is 2.27. The number of rotatable bonds is 3. The van der Waals surface area contributed by atoms with Crippen molar-refractivity contribution in [2.45, 2.75) is 56.2 Å². The zero-order valence-corrected chi connectivity index (χ0v) is 10.3. The maximum Gasteiger partial charge on any atom is 0.350 e. The summed E-state index contributed by atoms with van der Waals surface area (Å²) in [5.41, 5.74) is -1.35. The molecule has 1 aliphatic rings. The molecule has 1 fully saturated rings. The molecule has 0 aliphatic heterocycles. The molecular formula is C10H16F2N2O2S. The Morgan fingerprint density at radius 3 is 2.00 bits per heavy atom. The molecule has 0 aromatic heterocycles. The monoisotopic (exact) mass is 266 g/mol. The Balaban J connectivity index is 2.84. The van der Waals surface area contributed by atoms with Crippen LogP contribution in [0.3, 0.4) is 0 Å². The van der Waals surface area contributed by atoms with Gasteiger partial charge in [-0.1, -0.05) is 32.1 Å². The highest BCUT2D eigenvalue weighted by molar-refractivity contribution is 7.89. The van der Waals surface area contributed by atoms with E-state index < -0.39 is 21.3 Å². The summed E-state index contributed by atoms with van der Waals surface area (Å²) in [4.78, 5) is 0. The Hall–Kier alpha value is -0.740. The number of hydrogen-bond acceptors (Lipinski definition) is 3. The molecule has 0 spiro atoms. The fourth-order valence-corrected chi connectivity index (χ4v) is 2.95. The topological polar surface area (TPSA) is 70.0 Å². The van der Waals surface area contributed by atoms with Crippen molar-refractivity contribution >= 4 is 10.0 Å². The van der Waals surface area contributed by atoms with Crippen LogP contribution in [-0.2, 0) is 10.0 Å². The van der Waals surface area contributed by atoms with E-state index in [9.17, 15) is 17.2 Å². The lowest BCUT2D eigenvalue weighted by atomic mass is 9.86. The van der Waals surface area contributed by atoms with Crippen LogP contribution in [0.1, 0.15) is 44.9 Å². The molecule has 1 N–H and O–H groups in total. The standard InChI is InChI=1S/C10H16F2N2O2S/c11-9(12)17(15,16)14-10(8-13)6-4-2-1-3-5-7-10/h9,14H,1-7H2. The number of nitrogens with zero attached hydrogens (tertiary/aromatic N) is 1. The third kappa shape index (κ3) is 3.89. The fourth-order valence-electron chi connectivity index (χ4n) is 2.06. The van der Waals surface area contributed by atoms with Crippen LogP contribution >= 0.6 is 0 Å². The van der Waals surface area contributed by atoms with Crippen molar-refractivity contribution in [3.63, 3.8) is 0 Å².